The van der Waals surface area contributed by atoms with Crippen LogP contribution in [-0.2, 0) is 0 Å². The molecule has 4 nitrogen and oxygen atoms in total. The first-order chi connectivity index (χ1) is 8.76. The van der Waals surface area contributed by atoms with Crippen molar-refractivity contribution in [2.45, 2.75) is 39.2 Å². The van der Waals surface area contributed by atoms with E-state index in [-0.39, 0.29) is 5.91 Å². The van der Waals surface area contributed by atoms with Crippen LogP contribution in [0.5, 0.6) is 0 Å². The van der Waals surface area contributed by atoms with Gasteiger partial charge >= 0.3 is 0 Å². The molecule has 0 radical (unpaired) electrons. The average Bonchev–Trinajstić information content (AvgIpc) is 3.15. The van der Waals surface area contributed by atoms with E-state index in [2.05, 4.69) is 29.5 Å². The molecule has 98 valence electrons. The number of nitrogens with zero attached hydrogens (tertiary/aromatic N) is 1. The van der Waals surface area contributed by atoms with Gasteiger partial charge in [-0.2, -0.15) is 0 Å². The van der Waals surface area contributed by atoms with Crippen LogP contribution in [-0.4, -0.2) is 23.5 Å². The number of rotatable bonds is 6. The Morgan fingerprint density at radius 3 is 3.00 bits per heavy atom. The number of anilines is 1. The fourth-order valence-electron chi connectivity index (χ4n) is 2.11. The molecule has 0 spiro atoms. The van der Waals surface area contributed by atoms with Crippen molar-refractivity contribution in [1.82, 2.24) is 10.3 Å². The minimum Gasteiger partial charge on any atom is -0.383 e. The third kappa shape index (κ3) is 3.00. The SMILES string of the molecule is CCCNc1cnccc1C(=O)NC1CC1CC. The minimum absolute atomic E-state index is 0.0111. The summed E-state index contributed by atoms with van der Waals surface area (Å²) in [7, 11) is 0. The second-order valence-electron chi connectivity index (χ2n) is 4.83. The molecule has 4 heteroatoms. The van der Waals surface area contributed by atoms with Crippen LogP contribution < -0.4 is 10.6 Å². The van der Waals surface area contributed by atoms with E-state index in [9.17, 15) is 4.79 Å². The number of amides is 1. The lowest BCUT2D eigenvalue weighted by Gasteiger charge is -2.10. The topological polar surface area (TPSA) is 54.0 Å². The van der Waals surface area contributed by atoms with Crippen LogP contribution in [0.2, 0.25) is 0 Å². The molecule has 0 aromatic carbocycles. The third-order valence-corrected chi connectivity index (χ3v) is 3.39. The maximum atomic E-state index is 12.2. The van der Waals surface area contributed by atoms with Crippen molar-refractivity contribution in [3.63, 3.8) is 0 Å². The molecule has 0 bridgehead atoms. The molecule has 1 fully saturated rings. The smallest absolute Gasteiger partial charge is 0.253 e. The van der Waals surface area contributed by atoms with Crippen molar-refractivity contribution >= 4 is 11.6 Å². The van der Waals surface area contributed by atoms with Crippen molar-refractivity contribution in [2.75, 3.05) is 11.9 Å². The number of hydrogen-bond acceptors (Lipinski definition) is 3. The summed E-state index contributed by atoms with van der Waals surface area (Å²) in [5.74, 6) is 0.680. The maximum Gasteiger partial charge on any atom is 0.253 e. The van der Waals surface area contributed by atoms with Gasteiger partial charge in [0.15, 0.2) is 0 Å². The van der Waals surface area contributed by atoms with E-state index >= 15 is 0 Å². The molecule has 1 heterocycles. The lowest BCUT2D eigenvalue weighted by molar-refractivity contribution is 0.0949. The van der Waals surface area contributed by atoms with Crippen LogP contribution in [0.25, 0.3) is 0 Å². The highest BCUT2D eigenvalue weighted by atomic mass is 16.1. The molecule has 1 aliphatic rings. The molecule has 1 amide bonds. The molecule has 2 atom stereocenters. The van der Waals surface area contributed by atoms with Crippen molar-refractivity contribution in [3.05, 3.63) is 24.0 Å². The Balaban J connectivity index is 2.00. The number of hydrogen-bond donors (Lipinski definition) is 2. The van der Waals surface area contributed by atoms with E-state index in [1.807, 2.05) is 0 Å². The largest absolute Gasteiger partial charge is 0.383 e. The maximum absolute atomic E-state index is 12.2. The molecule has 1 saturated carbocycles. The highest BCUT2D eigenvalue weighted by molar-refractivity contribution is 5.99. The standard InChI is InChI=1S/C14H21N3O/c1-3-6-16-13-9-15-7-5-11(13)14(18)17-12-8-10(12)4-2/h5,7,9-10,12,16H,3-4,6,8H2,1-2H3,(H,17,18). The van der Waals surface area contributed by atoms with E-state index < -0.39 is 0 Å². The first-order valence-electron chi connectivity index (χ1n) is 6.75. The lowest BCUT2D eigenvalue weighted by atomic mass is 10.2. The number of carbonyl (C=O) groups is 1. The Morgan fingerprint density at radius 1 is 1.50 bits per heavy atom. The molecular weight excluding hydrogens is 226 g/mol. The molecular formula is C14H21N3O. The lowest BCUT2D eigenvalue weighted by Crippen LogP contribution is -2.27. The van der Waals surface area contributed by atoms with E-state index in [0.29, 0.717) is 17.5 Å². The Morgan fingerprint density at radius 2 is 2.33 bits per heavy atom. The summed E-state index contributed by atoms with van der Waals surface area (Å²) < 4.78 is 0. The zero-order valence-electron chi connectivity index (χ0n) is 11.1. The van der Waals surface area contributed by atoms with Crippen LogP contribution >= 0.6 is 0 Å². The minimum atomic E-state index is 0.0111. The van der Waals surface area contributed by atoms with Crippen LogP contribution in [0.1, 0.15) is 43.5 Å². The second kappa shape index (κ2) is 5.85. The van der Waals surface area contributed by atoms with Gasteiger partial charge < -0.3 is 10.6 Å². The molecule has 0 saturated heterocycles. The normalized spacial score (nSPS) is 21.4. The summed E-state index contributed by atoms with van der Waals surface area (Å²) in [6.07, 6.45) is 6.66. The molecule has 2 N–H and O–H groups in total. The Bertz CT molecular complexity index is 419. The average molecular weight is 247 g/mol. The summed E-state index contributed by atoms with van der Waals surface area (Å²) in [5.41, 5.74) is 1.52. The molecule has 1 aliphatic carbocycles. The summed E-state index contributed by atoms with van der Waals surface area (Å²) in [4.78, 5) is 16.2. The quantitative estimate of drug-likeness (QED) is 0.811. The predicted molar refractivity (Wildman–Crippen MR) is 72.7 cm³/mol. The summed E-state index contributed by atoms with van der Waals surface area (Å²) >= 11 is 0. The number of carbonyl (C=O) groups excluding carboxylic acids is 1. The van der Waals surface area contributed by atoms with Gasteiger partial charge in [-0.05, 0) is 24.8 Å². The van der Waals surface area contributed by atoms with Crippen LogP contribution in [0.15, 0.2) is 18.5 Å². The molecule has 18 heavy (non-hydrogen) atoms. The summed E-state index contributed by atoms with van der Waals surface area (Å²) in [5, 5.41) is 6.32. The zero-order valence-corrected chi connectivity index (χ0v) is 11.1. The molecule has 2 rings (SSSR count). The van der Waals surface area contributed by atoms with Crippen molar-refractivity contribution in [1.29, 1.82) is 0 Å². The number of pyridine rings is 1. The summed E-state index contributed by atoms with van der Waals surface area (Å²) in [6.45, 7) is 5.11. The van der Waals surface area contributed by atoms with Gasteiger partial charge in [0.2, 0.25) is 0 Å². The third-order valence-electron chi connectivity index (χ3n) is 3.39. The van der Waals surface area contributed by atoms with Gasteiger partial charge in [-0.1, -0.05) is 20.3 Å². The van der Waals surface area contributed by atoms with Crippen LogP contribution in [0, 0.1) is 5.92 Å². The van der Waals surface area contributed by atoms with Crippen molar-refractivity contribution in [2.24, 2.45) is 5.92 Å². The van der Waals surface area contributed by atoms with Gasteiger partial charge in [0.1, 0.15) is 0 Å². The van der Waals surface area contributed by atoms with E-state index in [0.717, 1.165) is 31.5 Å². The van der Waals surface area contributed by atoms with Gasteiger partial charge in [0.05, 0.1) is 17.4 Å². The van der Waals surface area contributed by atoms with Crippen molar-refractivity contribution in [3.8, 4) is 0 Å². The van der Waals surface area contributed by atoms with E-state index in [4.69, 9.17) is 0 Å². The Labute approximate surface area is 108 Å². The first-order valence-corrected chi connectivity index (χ1v) is 6.75. The van der Waals surface area contributed by atoms with E-state index in [1.54, 1.807) is 18.5 Å². The molecule has 1 aromatic heterocycles. The van der Waals surface area contributed by atoms with Crippen molar-refractivity contribution < 1.29 is 4.79 Å². The first kappa shape index (κ1) is 12.9. The highest BCUT2D eigenvalue weighted by Crippen LogP contribution is 2.33. The van der Waals surface area contributed by atoms with E-state index in [1.165, 1.54) is 0 Å². The Hall–Kier alpha value is -1.58. The monoisotopic (exact) mass is 247 g/mol. The molecule has 1 aromatic rings. The predicted octanol–water partition coefficient (Wildman–Crippen LogP) is 2.43. The van der Waals surface area contributed by atoms with Gasteiger partial charge in [-0.25, -0.2) is 0 Å². The second-order valence-corrected chi connectivity index (χ2v) is 4.83. The van der Waals surface area contributed by atoms with Crippen LogP contribution in [0.3, 0.4) is 0 Å². The Kier molecular flexibility index (Phi) is 4.18. The number of nitrogens with one attached hydrogen (secondary N) is 2. The fraction of sp³-hybridized carbons (Fsp3) is 0.571. The zero-order chi connectivity index (χ0) is 13.0. The van der Waals surface area contributed by atoms with Crippen LogP contribution in [0.4, 0.5) is 5.69 Å². The van der Waals surface area contributed by atoms with Gasteiger partial charge in [-0.3, -0.25) is 9.78 Å². The number of aromatic nitrogens is 1. The van der Waals surface area contributed by atoms with Gasteiger partial charge in [0, 0.05) is 18.8 Å². The van der Waals surface area contributed by atoms with Gasteiger partial charge in [0.25, 0.3) is 5.91 Å². The van der Waals surface area contributed by atoms with Gasteiger partial charge in [-0.15, -0.1) is 0 Å². The summed E-state index contributed by atoms with van der Waals surface area (Å²) in [6, 6.07) is 2.14. The molecule has 2 unspecified atom stereocenters. The molecule has 0 aliphatic heterocycles. The fourth-order valence-corrected chi connectivity index (χ4v) is 2.11. The highest BCUT2D eigenvalue weighted by Gasteiger charge is 2.36.